The number of thiophene rings is 1. The van der Waals surface area contributed by atoms with Crippen LogP contribution in [0.4, 0.5) is 0 Å². The maximum absolute atomic E-state index is 5.92. The van der Waals surface area contributed by atoms with Crippen LogP contribution in [0.3, 0.4) is 0 Å². The Morgan fingerprint density at radius 2 is 1.97 bits per heavy atom. The van der Waals surface area contributed by atoms with Crippen LogP contribution < -0.4 is 0 Å². The molecular weight excluding hydrogens is 426 g/mol. The van der Waals surface area contributed by atoms with Crippen LogP contribution in [-0.4, -0.2) is 25.0 Å². The minimum Gasteiger partial charge on any atom is -0.420 e. The summed E-state index contributed by atoms with van der Waals surface area (Å²) in [6.07, 6.45) is 7.09. The molecule has 3 heterocycles. The lowest BCUT2D eigenvalue weighted by Gasteiger charge is -2.25. The van der Waals surface area contributed by atoms with Crippen molar-refractivity contribution in [2.24, 2.45) is 0 Å². The normalized spacial score (nSPS) is 14.9. The monoisotopic (exact) mass is 451 g/mol. The number of hydrogen-bond donors (Lipinski definition) is 0. The molecule has 1 fully saturated rings. The molecule has 0 radical (unpaired) electrons. The Labute approximate surface area is 190 Å². The summed E-state index contributed by atoms with van der Waals surface area (Å²) in [4.78, 5) is 1.32. The summed E-state index contributed by atoms with van der Waals surface area (Å²) in [5.41, 5.74) is 2.12. The molecule has 0 spiro atoms. The Kier molecular flexibility index (Phi) is 6.18. The molecule has 3 aromatic heterocycles. The number of rotatable bonds is 7. The van der Waals surface area contributed by atoms with Crippen LogP contribution in [0.25, 0.3) is 11.5 Å². The largest absolute Gasteiger partial charge is 0.420 e. The van der Waals surface area contributed by atoms with Crippen molar-refractivity contribution in [3.05, 3.63) is 63.9 Å². The molecule has 1 aromatic carbocycles. The second kappa shape index (κ2) is 9.36. The van der Waals surface area contributed by atoms with Gasteiger partial charge < -0.3 is 8.98 Å². The Morgan fingerprint density at radius 3 is 2.77 bits per heavy atom. The molecule has 1 saturated carbocycles. The van der Waals surface area contributed by atoms with E-state index in [9.17, 15) is 0 Å². The molecule has 0 aliphatic heterocycles. The predicted octanol–water partition coefficient (Wildman–Crippen LogP) is 6.09. The van der Waals surface area contributed by atoms with Gasteiger partial charge in [0.15, 0.2) is 5.16 Å². The quantitative estimate of drug-likeness (QED) is 0.317. The van der Waals surface area contributed by atoms with Crippen LogP contribution in [-0.2, 0) is 12.2 Å². The van der Waals surface area contributed by atoms with Crippen molar-refractivity contribution < 1.29 is 4.42 Å². The highest BCUT2D eigenvalue weighted by Gasteiger charge is 2.24. The highest BCUT2D eigenvalue weighted by Crippen LogP contribution is 2.34. The molecule has 1 aliphatic rings. The summed E-state index contributed by atoms with van der Waals surface area (Å²) in [5, 5.41) is 20.7. The number of nitrogens with zero attached hydrogens (tertiary/aromatic N) is 5. The van der Waals surface area contributed by atoms with Gasteiger partial charge in [0.2, 0.25) is 11.8 Å². The first-order chi connectivity index (χ1) is 15.3. The lowest BCUT2D eigenvalue weighted by Crippen LogP contribution is -2.16. The minimum atomic E-state index is 0.478. The van der Waals surface area contributed by atoms with E-state index in [0.29, 0.717) is 23.6 Å². The lowest BCUT2D eigenvalue weighted by atomic mass is 9.95. The average Bonchev–Trinajstić information content (AvgIpc) is 3.55. The van der Waals surface area contributed by atoms with Crippen molar-refractivity contribution in [1.82, 2.24) is 25.0 Å². The zero-order valence-corrected chi connectivity index (χ0v) is 19.2. The van der Waals surface area contributed by atoms with Gasteiger partial charge in [-0.25, -0.2) is 0 Å². The van der Waals surface area contributed by atoms with E-state index in [1.165, 1.54) is 42.5 Å². The van der Waals surface area contributed by atoms with E-state index < -0.39 is 0 Å². The summed E-state index contributed by atoms with van der Waals surface area (Å²) in [5.74, 6) is 2.82. The molecule has 4 aromatic rings. The van der Waals surface area contributed by atoms with Crippen LogP contribution in [0.2, 0.25) is 0 Å². The van der Waals surface area contributed by atoms with Gasteiger partial charge in [-0.1, -0.05) is 54.8 Å². The van der Waals surface area contributed by atoms with Crippen LogP contribution in [0.1, 0.15) is 60.3 Å². The van der Waals surface area contributed by atoms with Gasteiger partial charge in [-0.2, -0.15) is 0 Å². The first-order valence-corrected chi connectivity index (χ1v) is 12.6. The molecule has 5 rings (SSSR count). The Bertz CT molecular complexity index is 1130. The van der Waals surface area contributed by atoms with Gasteiger partial charge in [0.1, 0.15) is 5.82 Å². The molecule has 8 heteroatoms. The number of benzene rings is 1. The van der Waals surface area contributed by atoms with Crippen LogP contribution in [0.15, 0.2) is 51.4 Å². The van der Waals surface area contributed by atoms with Crippen molar-refractivity contribution in [3.63, 3.8) is 0 Å². The molecule has 0 atom stereocenters. The van der Waals surface area contributed by atoms with Crippen LogP contribution >= 0.6 is 23.1 Å². The third kappa shape index (κ3) is 4.75. The standard InChI is InChI=1S/C23H25N5OS2/c1-16-7-5-8-17(13-16)22-26-25-21(29-22)15-31-23-27-24-20(14-19-11-6-12-30-19)28(23)18-9-3-2-4-10-18/h5-8,11-13,18H,2-4,9-10,14-15H2,1H3. The fourth-order valence-electron chi connectivity index (χ4n) is 4.13. The highest BCUT2D eigenvalue weighted by molar-refractivity contribution is 7.98. The second-order valence-electron chi connectivity index (χ2n) is 7.98. The summed E-state index contributed by atoms with van der Waals surface area (Å²) >= 11 is 3.41. The summed E-state index contributed by atoms with van der Waals surface area (Å²) in [6, 6.07) is 12.9. The van der Waals surface area contributed by atoms with Gasteiger partial charge in [-0.15, -0.1) is 31.7 Å². The van der Waals surface area contributed by atoms with Gasteiger partial charge in [0, 0.05) is 22.9 Å². The molecule has 0 amide bonds. The van der Waals surface area contributed by atoms with Crippen LogP contribution in [0, 0.1) is 6.92 Å². The first kappa shape index (κ1) is 20.5. The fraction of sp³-hybridized carbons (Fsp3) is 0.391. The van der Waals surface area contributed by atoms with E-state index in [-0.39, 0.29) is 0 Å². The Morgan fingerprint density at radius 1 is 1.06 bits per heavy atom. The summed E-state index contributed by atoms with van der Waals surface area (Å²) in [6.45, 7) is 2.06. The van der Waals surface area contributed by atoms with Gasteiger partial charge in [0.05, 0.1) is 5.75 Å². The van der Waals surface area contributed by atoms with Crippen molar-refractivity contribution in [2.75, 3.05) is 0 Å². The number of aryl methyl sites for hydroxylation is 1. The molecular formula is C23H25N5OS2. The van der Waals surface area contributed by atoms with Crippen molar-refractivity contribution in [2.45, 2.75) is 62.4 Å². The minimum absolute atomic E-state index is 0.478. The average molecular weight is 452 g/mol. The highest BCUT2D eigenvalue weighted by atomic mass is 32.2. The Balaban J connectivity index is 1.34. The number of hydrogen-bond acceptors (Lipinski definition) is 7. The van der Waals surface area contributed by atoms with E-state index in [1.54, 1.807) is 23.1 Å². The van der Waals surface area contributed by atoms with Gasteiger partial charge in [-0.3, -0.25) is 0 Å². The SMILES string of the molecule is Cc1cccc(-c2nnc(CSc3nnc(Cc4cccs4)n3C3CCCCC3)o2)c1. The van der Waals surface area contributed by atoms with E-state index in [4.69, 9.17) is 4.42 Å². The van der Waals surface area contributed by atoms with E-state index >= 15 is 0 Å². The topological polar surface area (TPSA) is 69.6 Å². The maximum Gasteiger partial charge on any atom is 0.247 e. The van der Waals surface area contributed by atoms with Gasteiger partial charge >= 0.3 is 0 Å². The summed E-state index contributed by atoms with van der Waals surface area (Å²) in [7, 11) is 0. The van der Waals surface area contributed by atoms with Crippen molar-refractivity contribution in [1.29, 1.82) is 0 Å². The van der Waals surface area contributed by atoms with Crippen LogP contribution in [0.5, 0.6) is 0 Å². The smallest absolute Gasteiger partial charge is 0.247 e. The number of thioether (sulfide) groups is 1. The number of aromatic nitrogens is 5. The van der Waals surface area contributed by atoms with Crippen molar-refractivity contribution >= 4 is 23.1 Å². The Hall–Kier alpha value is -2.45. The second-order valence-corrected chi connectivity index (χ2v) is 9.95. The van der Waals surface area contributed by atoms with E-state index in [0.717, 1.165) is 23.0 Å². The molecule has 0 saturated heterocycles. The molecule has 0 bridgehead atoms. The fourth-order valence-corrected chi connectivity index (χ4v) is 5.70. The third-order valence-electron chi connectivity index (χ3n) is 5.64. The van der Waals surface area contributed by atoms with E-state index in [1.807, 2.05) is 12.1 Å². The predicted molar refractivity (Wildman–Crippen MR) is 123 cm³/mol. The molecule has 1 aliphatic carbocycles. The lowest BCUT2D eigenvalue weighted by molar-refractivity contribution is 0.330. The molecule has 0 unspecified atom stereocenters. The molecule has 160 valence electrons. The van der Waals surface area contributed by atoms with Gasteiger partial charge in [0.25, 0.3) is 0 Å². The van der Waals surface area contributed by atoms with E-state index in [2.05, 4.69) is 61.5 Å². The van der Waals surface area contributed by atoms with Crippen molar-refractivity contribution in [3.8, 4) is 11.5 Å². The maximum atomic E-state index is 5.92. The summed E-state index contributed by atoms with van der Waals surface area (Å²) < 4.78 is 8.30. The zero-order chi connectivity index (χ0) is 21.0. The van der Waals surface area contributed by atoms with Gasteiger partial charge in [-0.05, 0) is 43.3 Å². The molecule has 31 heavy (non-hydrogen) atoms. The third-order valence-corrected chi connectivity index (χ3v) is 7.45. The first-order valence-electron chi connectivity index (χ1n) is 10.7. The zero-order valence-electron chi connectivity index (χ0n) is 17.5. The molecule has 6 nitrogen and oxygen atoms in total. The molecule has 0 N–H and O–H groups in total.